The van der Waals surface area contributed by atoms with Gasteiger partial charge in [-0.25, -0.2) is 4.98 Å². The number of hydrogen-bond donors (Lipinski definition) is 1. The second-order valence-corrected chi connectivity index (χ2v) is 4.34. The molecule has 2 aromatic heterocycles. The Morgan fingerprint density at radius 3 is 3.06 bits per heavy atom. The summed E-state index contributed by atoms with van der Waals surface area (Å²) in [6, 6.07) is 6.18. The third kappa shape index (κ3) is 1.13. The smallest absolute Gasteiger partial charge is 0.200 e. The number of pyridine rings is 1. The summed E-state index contributed by atoms with van der Waals surface area (Å²) >= 11 is 5.22. The van der Waals surface area contributed by atoms with E-state index in [1.54, 1.807) is 0 Å². The van der Waals surface area contributed by atoms with E-state index in [-0.39, 0.29) is 0 Å². The van der Waals surface area contributed by atoms with Crippen molar-refractivity contribution in [3.63, 3.8) is 0 Å². The van der Waals surface area contributed by atoms with Crippen LogP contribution in [-0.4, -0.2) is 14.5 Å². The lowest BCUT2D eigenvalue weighted by Gasteiger charge is -2.03. The van der Waals surface area contributed by atoms with Gasteiger partial charge in [0.2, 0.25) is 0 Å². The van der Waals surface area contributed by atoms with E-state index in [0.717, 1.165) is 21.9 Å². The number of hydrogen-bond acceptors (Lipinski definition) is 2. The number of aryl methyl sites for hydroxylation is 2. The zero-order valence-corrected chi connectivity index (χ0v) is 9.93. The Hall–Kier alpha value is -1.68. The van der Waals surface area contributed by atoms with Crippen molar-refractivity contribution < 1.29 is 0 Å². The SMILES string of the molecule is Cc1cc2[nH]cccc2c2nc(=S)n(C)c12. The topological polar surface area (TPSA) is 33.6 Å². The highest BCUT2D eigenvalue weighted by molar-refractivity contribution is 7.71. The van der Waals surface area contributed by atoms with Crippen molar-refractivity contribution in [2.45, 2.75) is 6.92 Å². The number of imidazole rings is 1. The molecule has 0 amide bonds. The molecular formula is C12H11N3S. The zero-order valence-electron chi connectivity index (χ0n) is 9.11. The van der Waals surface area contributed by atoms with Gasteiger partial charge in [0.15, 0.2) is 4.77 Å². The standard InChI is InChI=1S/C12H11N3S/c1-7-6-9-8(4-3-5-13-9)10-11(7)15(2)12(16)14-10/h3-6,13H,1-2H3. The molecule has 0 saturated carbocycles. The normalized spacial score (nSPS) is 11.4. The van der Waals surface area contributed by atoms with Gasteiger partial charge in [0, 0.05) is 24.1 Å². The average molecular weight is 229 g/mol. The van der Waals surface area contributed by atoms with Gasteiger partial charge in [-0.2, -0.15) is 0 Å². The summed E-state index contributed by atoms with van der Waals surface area (Å²) in [6.45, 7) is 2.08. The van der Waals surface area contributed by atoms with Gasteiger partial charge in [-0.1, -0.05) is 0 Å². The lowest BCUT2D eigenvalue weighted by atomic mass is 10.1. The Morgan fingerprint density at radius 1 is 1.44 bits per heavy atom. The highest BCUT2D eigenvalue weighted by Gasteiger charge is 2.09. The summed E-state index contributed by atoms with van der Waals surface area (Å²) in [5.41, 5.74) is 4.40. The van der Waals surface area contributed by atoms with Crippen LogP contribution in [0.15, 0.2) is 24.4 Å². The van der Waals surface area contributed by atoms with Crippen molar-refractivity contribution in [2.75, 3.05) is 0 Å². The molecule has 0 aliphatic heterocycles. The van der Waals surface area contributed by atoms with Crippen molar-refractivity contribution in [1.29, 1.82) is 0 Å². The molecule has 0 saturated heterocycles. The maximum absolute atomic E-state index is 5.22. The van der Waals surface area contributed by atoms with Gasteiger partial charge in [0.25, 0.3) is 0 Å². The van der Waals surface area contributed by atoms with Crippen molar-refractivity contribution in [3.05, 3.63) is 34.7 Å². The van der Waals surface area contributed by atoms with E-state index < -0.39 is 0 Å². The fraction of sp³-hybridized carbons (Fsp3) is 0.167. The first-order chi connectivity index (χ1) is 7.68. The van der Waals surface area contributed by atoms with Crippen LogP contribution < -0.4 is 0 Å². The maximum atomic E-state index is 5.22. The number of nitrogens with zero attached hydrogens (tertiary/aromatic N) is 2. The summed E-state index contributed by atoms with van der Waals surface area (Å²) < 4.78 is 2.60. The minimum Gasteiger partial charge on any atom is -0.361 e. The minimum atomic E-state index is 0.634. The quantitative estimate of drug-likeness (QED) is 0.601. The van der Waals surface area contributed by atoms with E-state index in [1.165, 1.54) is 5.56 Å². The Balaban J connectivity index is 2.70. The van der Waals surface area contributed by atoms with Crippen LogP contribution in [0.2, 0.25) is 0 Å². The first-order valence-electron chi connectivity index (χ1n) is 5.12. The number of fused-ring (bicyclic) bond motifs is 3. The van der Waals surface area contributed by atoms with Crippen LogP contribution in [0.1, 0.15) is 5.56 Å². The molecular weight excluding hydrogens is 218 g/mol. The molecule has 0 aliphatic rings. The fourth-order valence-corrected chi connectivity index (χ4v) is 2.36. The van der Waals surface area contributed by atoms with Gasteiger partial charge < -0.3 is 9.55 Å². The largest absolute Gasteiger partial charge is 0.361 e. The molecule has 3 nitrogen and oxygen atoms in total. The van der Waals surface area contributed by atoms with Gasteiger partial charge in [0.1, 0.15) is 0 Å². The fourth-order valence-electron chi connectivity index (χ4n) is 2.18. The molecule has 0 aliphatic carbocycles. The van der Waals surface area contributed by atoms with Gasteiger partial charge in [-0.15, -0.1) is 0 Å². The predicted molar refractivity (Wildman–Crippen MR) is 68.1 cm³/mol. The van der Waals surface area contributed by atoms with E-state index in [0.29, 0.717) is 4.77 Å². The van der Waals surface area contributed by atoms with E-state index >= 15 is 0 Å². The van der Waals surface area contributed by atoms with E-state index in [4.69, 9.17) is 12.2 Å². The van der Waals surface area contributed by atoms with Crippen LogP contribution in [-0.2, 0) is 7.05 Å². The van der Waals surface area contributed by atoms with Crippen LogP contribution in [0.5, 0.6) is 0 Å². The molecule has 0 radical (unpaired) electrons. The third-order valence-electron chi connectivity index (χ3n) is 2.93. The maximum Gasteiger partial charge on any atom is 0.200 e. The van der Waals surface area contributed by atoms with Crippen molar-refractivity contribution in [1.82, 2.24) is 14.5 Å². The third-order valence-corrected chi connectivity index (χ3v) is 3.30. The number of rotatable bonds is 0. The number of H-pyrrole nitrogens is 1. The summed E-state index contributed by atoms with van der Waals surface area (Å²) in [7, 11) is 1.96. The predicted octanol–water partition coefficient (Wildman–Crippen LogP) is 3.09. The molecule has 16 heavy (non-hydrogen) atoms. The molecule has 0 atom stereocenters. The van der Waals surface area contributed by atoms with Crippen LogP contribution >= 0.6 is 12.2 Å². The molecule has 1 N–H and O–H groups in total. The van der Waals surface area contributed by atoms with Crippen molar-refractivity contribution >= 4 is 34.2 Å². The van der Waals surface area contributed by atoms with E-state index in [1.807, 2.05) is 23.9 Å². The summed E-state index contributed by atoms with van der Waals surface area (Å²) in [5.74, 6) is 0. The molecule has 80 valence electrons. The lowest BCUT2D eigenvalue weighted by molar-refractivity contribution is 0.923. The van der Waals surface area contributed by atoms with Crippen LogP contribution in [0.3, 0.4) is 0 Å². The van der Waals surface area contributed by atoms with Gasteiger partial charge in [0.05, 0.1) is 11.0 Å². The number of aromatic amines is 1. The Labute approximate surface area is 97.7 Å². The van der Waals surface area contributed by atoms with Gasteiger partial charge in [-0.3, -0.25) is 0 Å². The molecule has 4 heteroatoms. The van der Waals surface area contributed by atoms with E-state index in [9.17, 15) is 0 Å². The minimum absolute atomic E-state index is 0.634. The Bertz CT molecular complexity index is 752. The monoisotopic (exact) mass is 229 g/mol. The van der Waals surface area contributed by atoms with Crippen LogP contribution in [0, 0.1) is 11.7 Å². The van der Waals surface area contributed by atoms with Crippen LogP contribution in [0.25, 0.3) is 21.9 Å². The second-order valence-electron chi connectivity index (χ2n) is 3.98. The van der Waals surface area contributed by atoms with Gasteiger partial charge >= 0.3 is 0 Å². The summed E-state index contributed by atoms with van der Waals surface area (Å²) in [6.07, 6.45) is 1.92. The molecule has 2 heterocycles. The first-order valence-corrected chi connectivity index (χ1v) is 5.53. The van der Waals surface area contributed by atoms with Crippen molar-refractivity contribution in [3.8, 4) is 0 Å². The summed E-state index contributed by atoms with van der Waals surface area (Å²) in [5, 5.41) is 1.12. The molecule has 0 bridgehead atoms. The highest BCUT2D eigenvalue weighted by Crippen LogP contribution is 2.25. The Morgan fingerprint density at radius 2 is 2.25 bits per heavy atom. The number of aromatic nitrogens is 3. The molecule has 1 aromatic carbocycles. The zero-order chi connectivity index (χ0) is 11.3. The summed E-state index contributed by atoms with van der Waals surface area (Å²) in [4.78, 5) is 7.69. The molecule has 0 fully saturated rings. The number of benzene rings is 1. The van der Waals surface area contributed by atoms with Gasteiger partial charge in [-0.05, 0) is 42.9 Å². The number of nitrogens with one attached hydrogen (secondary N) is 1. The van der Waals surface area contributed by atoms with Crippen LogP contribution in [0.4, 0.5) is 0 Å². The molecule has 0 spiro atoms. The van der Waals surface area contributed by atoms with E-state index in [2.05, 4.69) is 29.0 Å². The highest BCUT2D eigenvalue weighted by atomic mass is 32.1. The van der Waals surface area contributed by atoms with Crippen molar-refractivity contribution in [2.24, 2.45) is 7.05 Å². The molecule has 3 aromatic rings. The molecule has 3 rings (SSSR count). The first kappa shape index (κ1) is 9.54. The average Bonchev–Trinajstić information content (AvgIpc) is 2.57. The lowest BCUT2D eigenvalue weighted by Crippen LogP contribution is -1.90. The molecule has 0 unspecified atom stereocenters. The second kappa shape index (κ2) is 3.15. The Kier molecular flexibility index (Phi) is 1.88.